The molecule has 2 heteroatoms. The first-order chi connectivity index (χ1) is 13.8. The lowest BCUT2D eigenvalue weighted by Crippen LogP contribution is -1.97. The number of rotatable bonds is 3. The van der Waals surface area contributed by atoms with Gasteiger partial charge >= 0.3 is 0 Å². The monoisotopic (exact) mass is 358 g/mol. The third-order valence-corrected chi connectivity index (χ3v) is 4.95. The van der Waals surface area contributed by atoms with E-state index in [1.54, 1.807) is 0 Å². The van der Waals surface area contributed by atoms with E-state index in [1.165, 1.54) is 11.1 Å². The predicted molar refractivity (Wildman–Crippen MR) is 116 cm³/mol. The SMILES string of the molecule is CC1=C=CC(c2nc(-c3ccc(-c4ccccc4)cc3)c3ccccc3n2)=C1. The van der Waals surface area contributed by atoms with Crippen LogP contribution < -0.4 is 0 Å². The molecule has 1 aliphatic carbocycles. The third kappa shape index (κ3) is 2.96. The smallest absolute Gasteiger partial charge is 0.161 e. The number of aromatic nitrogens is 2. The van der Waals surface area contributed by atoms with Gasteiger partial charge < -0.3 is 0 Å². The second-order valence-corrected chi connectivity index (χ2v) is 6.93. The van der Waals surface area contributed by atoms with Crippen LogP contribution in [0.25, 0.3) is 38.9 Å². The first-order valence-corrected chi connectivity index (χ1v) is 9.36. The molecule has 0 spiro atoms. The van der Waals surface area contributed by atoms with Crippen LogP contribution in [0.2, 0.25) is 0 Å². The highest BCUT2D eigenvalue weighted by molar-refractivity contribution is 5.94. The number of allylic oxidation sites excluding steroid dienone is 3. The number of hydrogen-bond donors (Lipinski definition) is 0. The molecule has 2 nitrogen and oxygen atoms in total. The minimum atomic E-state index is 0.741. The van der Waals surface area contributed by atoms with Crippen molar-refractivity contribution in [3.05, 3.63) is 108 Å². The van der Waals surface area contributed by atoms with Crippen molar-refractivity contribution in [2.45, 2.75) is 6.92 Å². The Morgan fingerprint density at radius 3 is 2.11 bits per heavy atom. The molecule has 0 bridgehead atoms. The molecule has 0 N–H and O–H groups in total. The minimum absolute atomic E-state index is 0.741. The van der Waals surface area contributed by atoms with E-state index in [-0.39, 0.29) is 0 Å². The average molecular weight is 358 g/mol. The quantitative estimate of drug-likeness (QED) is 0.393. The molecule has 4 aromatic rings. The van der Waals surface area contributed by atoms with Crippen LogP contribution in [-0.4, -0.2) is 9.97 Å². The lowest BCUT2D eigenvalue weighted by atomic mass is 10.0. The summed E-state index contributed by atoms with van der Waals surface area (Å²) in [6.07, 6.45) is 4.04. The zero-order chi connectivity index (χ0) is 18.9. The topological polar surface area (TPSA) is 25.8 Å². The molecule has 1 aromatic heterocycles. The number of benzene rings is 3. The Labute approximate surface area is 164 Å². The van der Waals surface area contributed by atoms with E-state index in [2.05, 4.69) is 66.4 Å². The van der Waals surface area contributed by atoms with E-state index in [0.29, 0.717) is 0 Å². The van der Waals surface area contributed by atoms with Gasteiger partial charge in [0.05, 0.1) is 11.2 Å². The van der Waals surface area contributed by atoms with Gasteiger partial charge in [0.15, 0.2) is 5.82 Å². The van der Waals surface area contributed by atoms with Crippen LogP contribution in [0.5, 0.6) is 0 Å². The fraction of sp³-hybridized carbons (Fsp3) is 0.0385. The van der Waals surface area contributed by atoms with Gasteiger partial charge in [-0.15, -0.1) is 5.73 Å². The highest BCUT2D eigenvalue weighted by Crippen LogP contribution is 2.30. The van der Waals surface area contributed by atoms with Crippen molar-refractivity contribution < 1.29 is 0 Å². The van der Waals surface area contributed by atoms with Crippen LogP contribution in [0.4, 0.5) is 0 Å². The summed E-state index contributed by atoms with van der Waals surface area (Å²) >= 11 is 0. The van der Waals surface area contributed by atoms with Gasteiger partial charge in [-0.3, -0.25) is 0 Å². The summed E-state index contributed by atoms with van der Waals surface area (Å²) in [7, 11) is 0. The van der Waals surface area contributed by atoms with E-state index in [0.717, 1.165) is 39.1 Å². The van der Waals surface area contributed by atoms with Crippen molar-refractivity contribution in [3.8, 4) is 22.4 Å². The van der Waals surface area contributed by atoms with Gasteiger partial charge in [0.25, 0.3) is 0 Å². The normalized spacial score (nSPS) is 12.9. The summed E-state index contributed by atoms with van der Waals surface area (Å²) < 4.78 is 0. The molecule has 0 unspecified atom stereocenters. The lowest BCUT2D eigenvalue weighted by molar-refractivity contribution is 1.17. The van der Waals surface area contributed by atoms with Crippen LogP contribution in [0, 0.1) is 0 Å². The molecule has 1 aliphatic rings. The van der Waals surface area contributed by atoms with Gasteiger partial charge in [0.1, 0.15) is 0 Å². The van der Waals surface area contributed by atoms with Crippen molar-refractivity contribution in [2.75, 3.05) is 0 Å². The van der Waals surface area contributed by atoms with Crippen molar-refractivity contribution >= 4 is 16.5 Å². The predicted octanol–water partition coefficient (Wildman–Crippen LogP) is 6.46. The molecular formula is C26H18N2. The largest absolute Gasteiger partial charge is 0.228 e. The van der Waals surface area contributed by atoms with Gasteiger partial charge in [-0.05, 0) is 41.8 Å². The Balaban J connectivity index is 1.64. The van der Waals surface area contributed by atoms with Crippen molar-refractivity contribution in [3.63, 3.8) is 0 Å². The van der Waals surface area contributed by atoms with Gasteiger partial charge in [0, 0.05) is 16.5 Å². The summed E-state index contributed by atoms with van der Waals surface area (Å²) in [6, 6.07) is 27.2. The Kier molecular flexibility index (Phi) is 3.97. The lowest BCUT2D eigenvalue weighted by Gasteiger charge is -2.10. The molecule has 5 rings (SSSR count). The maximum absolute atomic E-state index is 4.93. The summed E-state index contributed by atoms with van der Waals surface area (Å²) in [4.78, 5) is 9.71. The van der Waals surface area contributed by atoms with E-state index in [1.807, 2.05) is 37.3 Å². The van der Waals surface area contributed by atoms with Crippen LogP contribution >= 0.6 is 0 Å². The molecule has 28 heavy (non-hydrogen) atoms. The van der Waals surface area contributed by atoms with E-state index in [9.17, 15) is 0 Å². The fourth-order valence-electron chi connectivity index (χ4n) is 3.51. The molecule has 3 aromatic carbocycles. The van der Waals surface area contributed by atoms with Gasteiger partial charge in [0.2, 0.25) is 0 Å². The molecule has 0 saturated carbocycles. The zero-order valence-corrected chi connectivity index (χ0v) is 15.6. The Hall–Kier alpha value is -3.74. The molecule has 1 heterocycles. The average Bonchev–Trinajstić information content (AvgIpc) is 3.20. The van der Waals surface area contributed by atoms with Crippen LogP contribution in [0.15, 0.2) is 102 Å². The van der Waals surface area contributed by atoms with Crippen LogP contribution in [-0.2, 0) is 0 Å². The second-order valence-electron chi connectivity index (χ2n) is 6.93. The Morgan fingerprint density at radius 1 is 0.679 bits per heavy atom. The summed E-state index contributed by atoms with van der Waals surface area (Å²) in [5, 5.41) is 1.06. The van der Waals surface area contributed by atoms with Crippen molar-refractivity contribution in [1.82, 2.24) is 9.97 Å². The molecule has 0 amide bonds. The third-order valence-electron chi connectivity index (χ3n) is 4.95. The van der Waals surface area contributed by atoms with Gasteiger partial charge in [-0.25, -0.2) is 9.97 Å². The second kappa shape index (κ2) is 6.77. The molecule has 132 valence electrons. The van der Waals surface area contributed by atoms with Crippen molar-refractivity contribution in [1.29, 1.82) is 0 Å². The molecule has 0 fully saturated rings. The zero-order valence-electron chi connectivity index (χ0n) is 15.6. The molecule has 0 aliphatic heterocycles. The maximum Gasteiger partial charge on any atom is 0.161 e. The summed E-state index contributed by atoms with van der Waals surface area (Å²) in [6.45, 7) is 2.04. The number of para-hydroxylation sites is 1. The highest BCUT2D eigenvalue weighted by Gasteiger charge is 2.13. The summed E-state index contributed by atoms with van der Waals surface area (Å²) in [5.74, 6) is 0.741. The minimum Gasteiger partial charge on any atom is -0.228 e. The summed E-state index contributed by atoms with van der Waals surface area (Å²) in [5.41, 5.74) is 10.7. The standard InChI is InChI=1S/C26H18N2/c1-18-11-12-22(17-18)26-27-24-10-6-5-9-23(24)25(28-26)21-15-13-20(14-16-21)19-7-3-2-4-8-19/h2-10,12-17H,1H3. The van der Waals surface area contributed by atoms with E-state index < -0.39 is 0 Å². The van der Waals surface area contributed by atoms with Crippen LogP contribution in [0.1, 0.15) is 12.7 Å². The van der Waals surface area contributed by atoms with Crippen LogP contribution in [0.3, 0.4) is 0 Å². The molecule has 0 saturated heterocycles. The molecule has 0 atom stereocenters. The van der Waals surface area contributed by atoms with E-state index in [4.69, 9.17) is 9.97 Å². The number of nitrogens with zero attached hydrogens (tertiary/aromatic N) is 2. The van der Waals surface area contributed by atoms with Gasteiger partial charge in [-0.2, -0.15) is 0 Å². The maximum atomic E-state index is 4.93. The van der Waals surface area contributed by atoms with Gasteiger partial charge in [-0.1, -0.05) is 72.8 Å². The molecular weight excluding hydrogens is 340 g/mol. The first kappa shape index (κ1) is 16.4. The Bertz CT molecular complexity index is 1270. The fourth-order valence-corrected chi connectivity index (χ4v) is 3.51. The first-order valence-electron chi connectivity index (χ1n) is 9.36. The van der Waals surface area contributed by atoms with E-state index >= 15 is 0 Å². The number of hydrogen-bond acceptors (Lipinski definition) is 2. The Morgan fingerprint density at radius 2 is 1.36 bits per heavy atom. The highest BCUT2D eigenvalue weighted by atomic mass is 14.9. The number of fused-ring (bicyclic) bond motifs is 1. The van der Waals surface area contributed by atoms with Crippen molar-refractivity contribution in [2.24, 2.45) is 0 Å². The molecule has 0 radical (unpaired) electrons.